The molecule has 1 N–H and O–H groups in total. The molecule has 0 aromatic carbocycles. The molecule has 2 atom stereocenters. The smallest absolute Gasteiger partial charge is 0.0727 e. The zero-order chi connectivity index (χ0) is 13.2. The maximum Gasteiger partial charge on any atom is 0.0727 e. The van der Waals surface area contributed by atoms with E-state index in [0.717, 1.165) is 37.4 Å². The van der Waals surface area contributed by atoms with Crippen LogP contribution in [0.5, 0.6) is 0 Å². The molecule has 1 aromatic rings. The van der Waals surface area contributed by atoms with Crippen LogP contribution in [0.15, 0.2) is 12.4 Å². The minimum Gasteiger partial charge on any atom is -0.309 e. The van der Waals surface area contributed by atoms with E-state index in [4.69, 9.17) is 0 Å². The molecule has 0 spiro atoms. The second-order valence-electron chi connectivity index (χ2n) is 5.70. The van der Waals surface area contributed by atoms with Crippen LogP contribution in [-0.2, 0) is 6.54 Å². The van der Waals surface area contributed by atoms with Crippen LogP contribution in [0.1, 0.15) is 38.6 Å². The number of nitrogens with zero attached hydrogens (tertiary/aromatic N) is 3. The third kappa shape index (κ3) is 3.06. The van der Waals surface area contributed by atoms with Crippen LogP contribution in [0.4, 0.5) is 0 Å². The van der Waals surface area contributed by atoms with Crippen LogP contribution in [0.3, 0.4) is 0 Å². The van der Waals surface area contributed by atoms with Crippen molar-refractivity contribution in [1.29, 1.82) is 0 Å². The predicted octanol–water partition coefficient (Wildman–Crippen LogP) is 1.75. The van der Waals surface area contributed by atoms with E-state index >= 15 is 0 Å². The monoisotopic (exact) mass is 248 g/mol. The van der Waals surface area contributed by atoms with Crippen molar-refractivity contribution in [3.63, 3.8) is 0 Å². The summed E-state index contributed by atoms with van der Waals surface area (Å²) in [6.07, 6.45) is 4.89. The topological polar surface area (TPSA) is 41.1 Å². The van der Waals surface area contributed by atoms with Gasteiger partial charge in [-0.15, -0.1) is 0 Å². The summed E-state index contributed by atoms with van der Waals surface area (Å²) in [6, 6.07) is 0.549. The Morgan fingerprint density at radius 1 is 1.44 bits per heavy atom. The lowest BCUT2D eigenvalue weighted by molar-refractivity contribution is 0.0853. The minimum atomic E-state index is 0.227. The van der Waals surface area contributed by atoms with E-state index in [1.807, 2.05) is 19.3 Å². The van der Waals surface area contributed by atoms with Crippen LogP contribution in [0.2, 0.25) is 0 Å². The molecular formula is C14H24N4. The highest BCUT2D eigenvalue weighted by Crippen LogP contribution is 2.20. The molecule has 100 valence electrons. The molecule has 2 heterocycles. The van der Waals surface area contributed by atoms with Gasteiger partial charge in [0.05, 0.1) is 11.4 Å². The first kappa shape index (κ1) is 13.4. The molecular weight excluding hydrogens is 224 g/mol. The molecule has 1 fully saturated rings. The van der Waals surface area contributed by atoms with Gasteiger partial charge in [-0.25, -0.2) is 0 Å². The van der Waals surface area contributed by atoms with E-state index in [-0.39, 0.29) is 5.54 Å². The molecule has 1 aliphatic heterocycles. The Morgan fingerprint density at radius 3 is 2.83 bits per heavy atom. The quantitative estimate of drug-likeness (QED) is 0.885. The molecule has 2 unspecified atom stereocenters. The molecule has 4 heteroatoms. The third-order valence-corrected chi connectivity index (χ3v) is 3.98. The van der Waals surface area contributed by atoms with E-state index < -0.39 is 0 Å². The molecule has 0 bridgehead atoms. The van der Waals surface area contributed by atoms with Crippen molar-refractivity contribution in [3.8, 4) is 0 Å². The fraction of sp³-hybridized carbons (Fsp3) is 0.714. The molecule has 0 amide bonds. The normalized spacial score (nSPS) is 29.4. The van der Waals surface area contributed by atoms with Gasteiger partial charge in [0, 0.05) is 43.6 Å². The average molecular weight is 248 g/mol. The Kier molecular flexibility index (Phi) is 3.97. The second-order valence-corrected chi connectivity index (χ2v) is 5.70. The number of aryl methyl sites for hydroxylation is 1. The second kappa shape index (κ2) is 5.33. The Labute approximate surface area is 110 Å². The molecule has 0 aliphatic carbocycles. The standard InChI is InChI=1S/C14H24N4/c1-5-14(4)10-18(12(3)7-17-14)9-13-8-15-11(2)6-16-13/h6,8,12,17H,5,7,9-10H2,1-4H3. The van der Waals surface area contributed by atoms with Crippen molar-refractivity contribution in [2.75, 3.05) is 13.1 Å². The Hall–Kier alpha value is -1.00. The van der Waals surface area contributed by atoms with Gasteiger partial charge in [-0.05, 0) is 27.2 Å². The van der Waals surface area contributed by atoms with Gasteiger partial charge in [-0.1, -0.05) is 6.92 Å². The van der Waals surface area contributed by atoms with Crippen molar-refractivity contribution < 1.29 is 0 Å². The first-order chi connectivity index (χ1) is 8.52. The van der Waals surface area contributed by atoms with Crippen LogP contribution in [0, 0.1) is 6.92 Å². The Morgan fingerprint density at radius 2 is 2.22 bits per heavy atom. The van der Waals surface area contributed by atoms with E-state index in [1.54, 1.807) is 0 Å². The number of hydrogen-bond donors (Lipinski definition) is 1. The van der Waals surface area contributed by atoms with Crippen molar-refractivity contribution in [2.24, 2.45) is 0 Å². The van der Waals surface area contributed by atoms with E-state index in [2.05, 4.69) is 41.0 Å². The highest BCUT2D eigenvalue weighted by atomic mass is 15.2. The van der Waals surface area contributed by atoms with Gasteiger partial charge in [0.25, 0.3) is 0 Å². The molecule has 0 radical (unpaired) electrons. The summed E-state index contributed by atoms with van der Waals surface area (Å²) in [4.78, 5) is 11.3. The highest BCUT2D eigenvalue weighted by Gasteiger charge is 2.32. The maximum absolute atomic E-state index is 4.46. The molecule has 2 rings (SSSR count). The van der Waals surface area contributed by atoms with Crippen molar-refractivity contribution >= 4 is 0 Å². The molecule has 4 nitrogen and oxygen atoms in total. The van der Waals surface area contributed by atoms with Crippen LogP contribution < -0.4 is 5.32 Å². The van der Waals surface area contributed by atoms with E-state index in [9.17, 15) is 0 Å². The highest BCUT2D eigenvalue weighted by molar-refractivity contribution is 5.02. The van der Waals surface area contributed by atoms with Crippen molar-refractivity contribution in [2.45, 2.75) is 52.2 Å². The zero-order valence-electron chi connectivity index (χ0n) is 11.9. The van der Waals surface area contributed by atoms with Gasteiger partial charge in [-0.3, -0.25) is 14.9 Å². The summed E-state index contributed by atoms with van der Waals surface area (Å²) in [5.74, 6) is 0. The molecule has 0 saturated carbocycles. The lowest BCUT2D eigenvalue weighted by Gasteiger charge is -2.44. The first-order valence-corrected chi connectivity index (χ1v) is 6.79. The first-order valence-electron chi connectivity index (χ1n) is 6.79. The molecule has 1 aromatic heterocycles. The fourth-order valence-corrected chi connectivity index (χ4v) is 2.34. The summed E-state index contributed by atoms with van der Waals surface area (Å²) in [6.45, 7) is 11.8. The fourth-order valence-electron chi connectivity index (χ4n) is 2.34. The summed E-state index contributed by atoms with van der Waals surface area (Å²) < 4.78 is 0. The maximum atomic E-state index is 4.46. The number of hydrogen-bond acceptors (Lipinski definition) is 4. The third-order valence-electron chi connectivity index (χ3n) is 3.98. The number of aromatic nitrogens is 2. The molecule has 1 aliphatic rings. The minimum absolute atomic E-state index is 0.227. The summed E-state index contributed by atoms with van der Waals surface area (Å²) >= 11 is 0. The Balaban J connectivity index is 2.04. The summed E-state index contributed by atoms with van der Waals surface area (Å²) in [5, 5.41) is 3.64. The predicted molar refractivity (Wildman–Crippen MR) is 73.3 cm³/mol. The van der Waals surface area contributed by atoms with Crippen LogP contribution >= 0.6 is 0 Å². The van der Waals surface area contributed by atoms with Gasteiger partial charge < -0.3 is 5.32 Å². The average Bonchev–Trinajstić information content (AvgIpc) is 2.37. The lowest BCUT2D eigenvalue weighted by atomic mass is 9.94. The Bertz CT molecular complexity index is 389. The van der Waals surface area contributed by atoms with Crippen LogP contribution in [0.25, 0.3) is 0 Å². The van der Waals surface area contributed by atoms with Crippen molar-refractivity contribution in [3.05, 3.63) is 23.8 Å². The zero-order valence-corrected chi connectivity index (χ0v) is 11.9. The van der Waals surface area contributed by atoms with E-state index in [1.165, 1.54) is 0 Å². The largest absolute Gasteiger partial charge is 0.309 e. The molecule has 18 heavy (non-hydrogen) atoms. The van der Waals surface area contributed by atoms with Gasteiger partial charge in [-0.2, -0.15) is 0 Å². The van der Waals surface area contributed by atoms with Gasteiger partial charge in [0.1, 0.15) is 0 Å². The van der Waals surface area contributed by atoms with Gasteiger partial charge >= 0.3 is 0 Å². The van der Waals surface area contributed by atoms with Crippen LogP contribution in [-0.4, -0.2) is 39.5 Å². The lowest BCUT2D eigenvalue weighted by Crippen LogP contribution is -2.61. The van der Waals surface area contributed by atoms with Gasteiger partial charge in [0.2, 0.25) is 0 Å². The summed E-state index contributed by atoms with van der Waals surface area (Å²) in [7, 11) is 0. The van der Waals surface area contributed by atoms with Crippen molar-refractivity contribution in [1.82, 2.24) is 20.2 Å². The van der Waals surface area contributed by atoms with Gasteiger partial charge in [0.15, 0.2) is 0 Å². The van der Waals surface area contributed by atoms with E-state index in [0.29, 0.717) is 6.04 Å². The number of rotatable bonds is 3. The number of piperazine rings is 1. The molecule has 1 saturated heterocycles. The summed E-state index contributed by atoms with van der Waals surface area (Å²) in [5.41, 5.74) is 2.27. The number of nitrogens with one attached hydrogen (secondary N) is 1. The SMILES string of the molecule is CCC1(C)CN(Cc2cnc(C)cn2)C(C)CN1.